The number of aliphatic hydroxyl groups excluding tert-OH is 1. The molecule has 1 aliphatic rings. The van der Waals surface area contributed by atoms with E-state index >= 15 is 0 Å². The second-order valence-corrected chi connectivity index (χ2v) is 9.90. The molecule has 0 amide bonds. The molecule has 120 valence electrons. The van der Waals surface area contributed by atoms with E-state index in [9.17, 15) is 13.5 Å². The van der Waals surface area contributed by atoms with Crippen molar-refractivity contribution in [1.82, 2.24) is 0 Å². The van der Waals surface area contributed by atoms with E-state index < -0.39 is 9.84 Å². The number of sulfone groups is 1. The van der Waals surface area contributed by atoms with E-state index in [1.807, 2.05) is 0 Å². The zero-order valence-corrected chi connectivity index (χ0v) is 14.4. The zero-order chi connectivity index (χ0) is 15.4. The molecule has 1 saturated carbocycles. The molecule has 1 fully saturated rings. The molecule has 0 aromatic rings. The highest BCUT2D eigenvalue weighted by molar-refractivity contribution is 7.91. The van der Waals surface area contributed by atoms with Crippen LogP contribution in [-0.4, -0.2) is 31.1 Å². The van der Waals surface area contributed by atoms with Crippen molar-refractivity contribution in [2.24, 2.45) is 17.3 Å². The first kappa shape index (κ1) is 18.0. The average molecular weight is 304 g/mol. The van der Waals surface area contributed by atoms with Crippen molar-refractivity contribution in [2.75, 3.05) is 11.5 Å². The van der Waals surface area contributed by atoms with E-state index in [0.29, 0.717) is 24.2 Å². The lowest BCUT2D eigenvalue weighted by molar-refractivity contribution is 0.0479. The molecule has 0 saturated heterocycles. The monoisotopic (exact) mass is 304 g/mol. The normalized spacial score (nSPS) is 26.4. The Hall–Kier alpha value is -0.0900. The Balaban J connectivity index is 2.31. The van der Waals surface area contributed by atoms with Gasteiger partial charge in [0.1, 0.15) is 9.84 Å². The van der Waals surface area contributed by atoms with E-state index in [1.165, 1.54) is 12.8 Å². The topological polar surface area (TPSA) is 54.4 Å². The molecule has 3 nitrogen and oxygen atoms in total. The van der Waals surface area contributed by atoms with E-state index in [2.05, 4.69) is 20.8 Å². The lowest BCUT2D eigenvalue weighted by atomic mass is 9.68. The van der Waals surface area contributed by atoms with E-state index in [-0.39, 0.29) is 17.6 Å². The molecular weight excluding hydrogens is 272 g/mol. The molecule has 0 aliphatic heterocycles. The van der Waals surface area contributed by atoms with E-state index in [1.54, 1.807) is 6.92 Å². The Morgan fingerprint density at radius 3 is 2.15 bits per heavy atom. The zero-order valence-electron chi connectivity index (χ0n) is 13.6. The van der Waals surface area contributed by atoms with Crippen LogP contribution in [0.3, 0.4) is 0 Å². The molecule has 0 bridgehead atoms. The third-order valence-corrected chi connectivity index (χ3v) is 6.73. The molecule has 1 atom stereocenters. The summed E-state index contributed by atoms with van der Waals surface area (Å²) in [6.45, 7) is 8.57. The van der Waals surface area contributed by atoms with Crippen molar-refractivity contribution in [3.8, 4) is 0 Å². The summed E-state index contributed by atoms with van der Waals surface area (Å²) in [5.41, 5.74) is 0.366. The molecule has 0 heterocycles. The second-order valence-electron chi connectivity index (χ2n) is 7.42. The predicted molar refractivity (Wildman–Crippen MR) is 84.5 cm³/mol. The van der Waals surface area contributed by atoms with Crippen LogP contribution in [0.5, 0.6) is 0 Å². The Bertz CT molecular complexity index is 373. The van der Waals surface area contributed by atoms with Crippen LogP contribution >= 0.6 is 0 Å². The number of hydrogen-bond donors (Lipinski definition) is 1. The maximum absolute atomic E-state index is 11.4. The number of hydrogen-bond acceptors (Lipinski definition) is 3. The van der Waals surface area contributed by atoms with Crippen molar-refractivity contribution in [3.63, 3.8) is 0 Å². The number of rotatable bonds is 6. The van der Waals surface area contributed by atoms with Crippen LogP contribution in [0, 0.1) is 17.3 Å². The molecule has 0 aromatic carbocycles. The van der Waals surface area contributed by atoms with Gasteiger partial charge in [0, 0.05) is 5.75 Å². The summed E-state index contributed by atoms with van der Waals surface area (Å²) < 4.78 is 22.9. The summed E-state index contributed by atoms with van der Waals surface area (Å²) in [6.07, 6.45) is 5.47. The van der Waals surface area contributed by atoms with Crippen molar-refractivity contribution >= 4 is 9.84 Å². The van der Waals surface area contributed by atoms with Crippen LogP contribution in [0.25, 0.3) is 0 Å². The fourth-order valence-electron chi connectivity index (χ4n) is 3.26. The summed E-state index contributed by atoms with van der Waals surface area (Å²) in [5, 5.41) is 10.2. The van der Waals surface area contributed by atoms with Gasteiger partial charge >= 0.3 is 0 Å². The van der Waals surface area contributed by atoms with Gasteiger partial charge in [-0.25, -0.2) is 8.42 Å². The Labute approximate surface area is 125 Å². The van der Waals surface area contributed by atoms with Gasteiger partial charge < -0.3 is 5.11 Å². The summed E-state index contributed by atoms with van der Waals surface area (Å²) >= 11 is 0. The van der Waals surface area contributed by atoms with Crippen LogP contribution < -0.4 is 0 Å². The molecule has 0 radical (unpaired) electrons. The maximum Gasteiger partial charge on any atom is 0.150 e. The van der Waals surface area contributed by atoms with Crippen LogP contribution in [-0.2, 0) is 9.84 Å². The van der Waals surface area contributed by atoms with Crippen LogP contribution in [0.15, 0.2) is 0 Å². The van der Waals surface area contributed by atoms with E-state index in [4.69, 9.17) is 0 Å². The van der Waals surface area contributed by atoms with Crippen molar-refractivity contribution in [3.05, 3.63) is 0 Å². The first-order chi connectivity index (χ1) is 9.15. The minimum atomic E-state index is -2.89. The SMILES string of the molecule is CCS(=O)(=O)CCCC(O)C1CCC(C(C)(C)C)CC1. The minimum Gasteiger partial charge on any atom is -0.393 e. The summed E-state index contributed by atoms with van der Waals surface area (Å²) in [6, 6.07) is 0. The van der Waals surface area contributed by atoms with Crippen LogP contribution in [0.4, 0.5) is 0 Å². The van der Waals surface area contributed by atoms with Gasteiger partial charge in [0.25, 0.3) is 0 Å². The second kappa shape index (κ2) is 7.26. The van der Waals surface area contributed by atoms with Gasteiger partial charge in [0.15, 0.2) is 0 Å². The molecule has 1 aliphatic carbocycles. The molecule has 1 unspecified atom stereocenters. The van der Waals surface area contributed by atoms with Crippen molar-refractivity contribution in [2.45, 2.75) is 72.3 Å². The van der Waals surface area contributed by atoms with Gasteiger partial charge in [-0.05, 0) is 55.8 Å². The summed E-state index contributed by atoms with van der Waals surface area (Å²) in [5.74, 6) is 1.56. The minimum absolute atomic E-state index is 0.208. The third-order valence-electron chi connectivity index (χ3n) is 4.94. The van der Waals surface area contributed by atoms with Gasteiger partial charge in [-0.1, -0.05) is 27.7 Å². The molecule has 0 spiro atoms. The lowest BCUT2D eigenvalue weighted by Crippen LogP contribution is -2.31. The van der Waals surface area contributed by atoms with Gasteiger partial charge in [-0.3, -0.25) is 0 Å². The lowest BCUT2D eigenvalue weighted by Gasteiger charge is -2.38. The largest absolute Gasteiger partial charge is 0.393 e. The van der Waals surface area contributed by atoms with Gasteiger partial charge in [-0.2, -0.15) is 0 Å². The average Bonchev–Trinajstić information content (AvgIpc) is 2.37. The highest BCUT2D eigenvalue weighted by Gasteiger charge is 2.32. The first-order valence-corrected chi connectivity index (χ1v) is 9.86. The van der Waals surface area contributed by atoms with Crippen LogP contribution in [0.2, 0.25) is 0 Å². The Morgan fingerprint density at radius 2 is 1.70 bits per heavy atom. The van der Waals surface area contributed by atoms with Gasteiger partial charge in [0.2, 0.25) is 0 Å². The van der Waals surface area contributed by atoms with Gasteiger partial charge in [-0.15, -0.1) is 0 Å². The van der Waals surface area contributed by atoms with Gasteiger partial charge in [0.05, 0.1) is 11.9 Å². The molecule has 1 N–H and O–H groups in total. The fourth-order valence-corrected chi connectivity index (χ4v) is 4.16. The molecule has 0 aromatic heterocycles. The fraction of sp³-hybridized carbons (Fsp3) is 1.00. The van der Waals surface area contributed by atoms with E-state index in [0.717, 1.165) is 18.8 Å². The highest BCUT2D eigenvalue weighted by atomic mass is 32.2. The molecule has 1 rings (SSSR count). The predicted octanol–water partition coefficient (Wildman–Crippen LogP) is 3.41. The standard InChI is InChI=1S/C16H32O3S/c1-5-20(18,19)12-6-7-15(17)13-8-10-14(11-9-13)16(2,3)4/h13-15,17H,5-12H2,1-4H3. The van der Waals surface area contributed by atoms with Crippen LogP contribution in [0.1, 0.15) is 66.2 Å². The Kier molecular flexibility index (Phi) is 6.52. The molecule has 20 heavy (non-hydrogen) atoms. The summed E-state index contributed by atoms with van der Waals surface area (Å²) in [7, 11) is -2.89. The molecule has 4 heteroatoms. The first-order valence-electron chi connectivity index (χ1n) is 8.04. The molecular formula is C16H32O3S. The smallest absolute Gasteiger partial charge is 0.150 e. The highest BCUT2D eigenvalue weighted by Crippen LogP contribution is 2.41. The third kappa shape index (κ3) is 5.72. The Morgan fingerprint density at radius 1 is 1.15 bits per heavy atom. The maximum atomic E-state index is 11.4. The quantitative estimate of drug-likeness (QED) is 0.818. The number of aliphatic hydroxyl groups is 1. The summed E-state index contributed by atoms with van der Waals surface area (Å²) in [4.78, 5) is 0. The van der Waals surface area contributed by atoms with Crippen molar-refractivity contribution in [1.29, 1.82) is 0 Å². The van der Waals surface area contributed by atoms with Crippen molar-refractivity contribution < 1.29 is 13.5 Å².